The highest BCUT2D eigenvalue weighted by Gasteiger charge is 2.26. The Morgan fingerprint density at radius 1 is 0.857 bits per heavy atom. The molecule has 0 atom stereocenters. The molecule has 0 spiro atoms. The summed E-state index contributed by atoms with van der Waals surface area (Å²) in [6.07, 6.45) is 8.25. The van der Waals surface area contributed by atoms with E-state index in [0.29, 0.717) is 12.6 Å². The van der Waals surface area contributed by atoms with E-state index in [2.05, 4.69) is 40.1 Å². The molecule has 1 fully saturated rings. The molecule has 0 unspecified atom stereocenters. The number of nitrogens with zero attached hydrogens (tertiary/aromatic N) is 3. The van der Waals surface area contributed by atoms with Crippen LogP contribution in [0.25, 0.3) is 22.4 Å². The third-order valence-electron chi connectivity index (χ3n) is 5.02. The lowest BCUT2D eigenvalue weighted by Crippen LogP contribution is -1.95. The predicted octanol–water partition coefficient (Wildman–Crippen LogP) is 5.53. The van der Waals surface area contributed by atoms with E-state index in [1.807, 2.05) is 54.9 Å². The molecule has 0 N–H and O–H groups in total. The molecule has 5 rings (SSSR count). The summed E-state index contributed by atoms with van der Waals surface area (Å²) in [5.74, 6) is 0.861. The molecule has 0 radical (unpaired) electrons. The van der Waals surface area contributed by atoms with Gasteiger partial charge in [0.15, 0.2) is 0 Å². The summed E-state index contributed by atoms with van der Waals surface area (Å²) in [5.41, 5.74) is 5.55. The van der Waals surface area contributed by atoms with Crippen molar-refractivity contribution in [3.05, 3.63) is 90.9 Å². The van der Waals surface area contributed by atoms with Gasteiger partial charge in [0.05, 0.1) is 6.04 Å². The van der Waals surface area contributed by atoms with E-state index in [1.165, 1.54) is 12.8 Å². The van der Waals surface area contributed by atoms with E-state index in [-0.39, 0.29) is 0 Å². The topological polar surface area (TPSA) is 39.9 Å². The van der Waals surface area contributed by atoms with Gasteiger partial charge in [-0.05, 0) is 60.4 Å². The van der Waals surface area contributed by atoms with Crippen LogP contribution in [0, 0.1) is 0 Å². The van der Waals surface area contributed by atoms with Crippen LogP contribution in [0.1, 0.15) is 24.4 Å². The first kappa shape index (κ1) is 16.8. The maximum absolute atomic E-state index is 5.92. The highest BCUT2D eigenvalue weighted by atomic mass is 16.5. The fraction of sp³-hybridized carbons (Fsp3) is 0.167. The Labute approximate surface area is 164 Å². The fourth-order valence-electron chi connectivity index (χ4n) is 3.32. The Hall–Kier alpha value is -3.40. The Bertz CT molecular complexity index is 1050. The lowest BCUT2D eigenvalue weighted by atomic mass is 10.0. The smallest absolute Gasteiger partial charge is 0.119 e. The van der Waals surface area contributed by atoms with Crippen LogP contribution >= 0.6 is 0 Å². The van der Waals surface area contributed by atoms with Crippen molar-refractivity contribution < 1.29 is 4.74 Å². The normalized spacial score (nSPS) is 13.4. The van der Waals surface area contributed by atoms with Gasteiger partial charge in [-0.15, -0.1) is 0 Å². The monoisotopic (exact) mass is 367 g/mol. The number of ether oxygens (including phenoxy) is 1. The van der Waals surface area contributed by atoms with E-state index in [0.717, 1.165) is 33.7 Å². The Kier molecular flexibility index (Phi) is 4.37. The van der Waals surface area contributed by atoms with Crippen molar-refractivity contribution in [2.45, 2.75) is 25.5 Å². The standard InChI is InChI=1S/C24H21N3O/c1-2-4-18(5-3-1)17-28-22-10-6-20(7-11-22)24-23(19-12-14-25-15-13-19)16-27(26-24)21-8-9-21/h1-7,10-16,21H,8-9,17H2. The quantitative estimate of drug-likeness (QED) is 0.450. The molecule has 0 amide bonds. The van der Waals surface area contributed by atoms with Gasteiger partial charge in [0.25, 0.3) is 0 Å². The predicted molar refractivity (Wildman–Crippen MR) is 110 cm³/mol. The Morgan fingerprint density at radius 2 is 1.61 bits per heavy atom. The summed E-state index contributed by atoms with van der Waals surface area (Å²) < 4.78 is 8.03. The molecule has 0 bridgehead atoms. The molecule has 1 aliphatic carbocycles. The second-order valence-corrected chi connectivity index (χ2v) is 7.14. The van der Waals surface area contributed by atoms with Crippen molar-refractivity contribution in [2.24, 2.45) is 0 Å². The fourth-order valence-corrected chi connectivity index (χ4v) is 3.32. The number of hydrogen-bond acceptors (Lipinski definition) is 3. The van der Waals surface area contributed by atoms with Gasteiger partial charge in [-0.1, -0.05) is 30.3 Å². The van der Waals surface area contributed by atoms with E-state index >= 15 is 0 Å². The number of hydrogen-bond donors (Lipinski definition) is 0. The van der Waals surface area contributed by atoms with Crippen LogP contribution in [-0.4, -0.2) is 14.8 Å². The zero-order valence-corrected chi connectivity index (χ0v) is 15.5. The van der Waals surface area contributed by atoms with Gasteiger partial charge in [-0.25, -0.2) is 0 Å². The minimum atomic E-state index is 0.544. The molecule has 4 aromatic rings. The first-order chi connectivity index (χ1) is 13.9. The van der Waals surface area contributed by atoms with Crippen LogP contribution in [0.5, 0.6) is 5.75 Å². The first-order valence-electron chi connectivity index (χ1n) is 9.63. The summed E-state index contributed by atoms with van der Waals surface area (Å²) in [4.78, 5) is 4.14. The average molecular weight is 367 g/mol. The minimum absolute atomic E-state index is 0.544. The van der Waals surface area contributed by atoms with Gasteiger partial charge in [-0.3, -0.25) is 9.67 Å². The maximum Gasteiger partial charge on any atom is 0.119 e. The number of rotatable bonds is 6. The van der Waals surface area contributed by atoms with Gasteiger partial charge in [0.2, 0.25) is 0 Å². The molecule has 2 heterocycles. The van der Waals surface area contributed by atoms with Gasteiger partial charge in [0.1, 0.15) is 18.1 Å². The third kappa shape index (κ3) is 3.54. The SMILES string of the molecule is c1ccc(COc2ccc(-c3nn(C4CC4)cc3-c3ccncc3)cc2)cc1. The Balaban J connectivity index is 1.41. The van der Waals surface area contributed by atoms with Gasteiger partial charge in [-0.2, -0.15) is 5.10 Å². The summed E-state index contributed by atoms with van der Waals surface area (Å²) in [7, 11) is 0. The zero-order chi connectivity index (χ0) is 18.8. The van der Waals surface area contributed by atoms with E-state index in [4.69, 9.17) is 9.84 Å². The van der Waals surface area contributed by atoms with Gasteiger partial charge < -0.3 is 4.74 Å². The van der Waals surface area contributed by atoms with E-state index in [9.17, 15) is 0 Å². The first-order valence-corrected chi connectivity index (χ1v) is 9.63. The van der Waals surface area contributed by atoms with Crippen LogP contribution in [0.3, 0.4) is 0 Å². The highest BCUT2D eigenvalue weighted by Crippen LogP contribution is 2.39. The minimum Gasteiger partial charge on any atom is -0.489 e. The summed E-state index contributed by atoms with van der Waals surface area (Å²) in [6, 6.07) is 23.0. The van der Waals surface area contributed by atoms with Crippen molar-refractivity contribution >= 4 is 0 Å². The van der Waals surface area contributed by atoms with Crippen LogP contribution in [0.4, 0.5) is 0 Å². The molecule has 0 aliphatic heterocycles. The molecular formula is C24H21N3O. The second-order valence-electron chi connectivity index (χ2n) is 7.14. The largest absolute Gasteiger partial charge is 0.489 e. The van der Waals surface area contributed by atoms with Crippen molar-refractivity contribution in [2.75, 3.05) is 0 Å². The molecule has 1 aliphatic rings. The molecule has 138 valence electrons. The van der Waals surface area contributed by atoms with Gasteiger partial charge in [0, 0.05) is 29.7 Å². The molecule has 2 aromatic heterocycles. The van der Waals surface area contributed by atoms with Crippen molar-refractivity contribution in [1.29, 1.82) is 0 Å². The van der Waals surface area contributed by atoms with Crippen LogP contribution in [0.15, 0.2) is 85.3 Å². The third-order valence-corrected chi connectivity index (χ3v) is 5.02. The molecule has 4 heteroatoms. The van der Waals surface area contributed by atoms with Crippen molar-refractivity contribution in [1.82, 2.24) is 14.8 Å². The maximum atomic E-state index is 5.92. The number of pyridine rings is 1. The molecule has 28 heavy (non-hydrogen) atoms. The Morgan fingerprint density at radius 3 is 2.32 bits per heavy atom. The summed E-state index contributed by atoms with van der Waals surface area (Å²) in [6.45, 7) is 0.568. The molecule has 4 nitrogen and oxygen atoms in total. The molecule has 2 aromatic carbocycles. The van der Waals surface area contributed by atoms with Crippen LogP contribution in [0.2, 0.25) is 0 Å². The number of aromatic nitrogens is 3. The second kappa shape index (κ2) is 7.31. The summed E-state index contributed by atoms with van der Waals surface area (Å²) in [5, 5.41) is 4.90. The molecule has 1 saturated carbocycles. The molecule has 0 saturated heterocycles. The highest BCUT2D eigenvalue weighted by molar-refractivity contribution is 5.80. The average Bonchev–Trinajstić information content (AvgIpc) is 3.52. The van der Waals surface area contributed by atoms with Crippen LogP contribution < -0.4 is 4.74 Å². The lowest BCUT2D eigenvalue weighted by Gasteiger charge is -2.07. The molecular weight excluding hydrogens is 346 g/mol. The summed E-state index contributed by atoms with van der Waals surface area (Å²) >= 11 is 0. The van der Waals surface area contributed by atoms with E-state index in [1.54, 1.807) is 0 Å². The van der Waals surface area contributed by atoms with Crippen molar-refractivity contribution in [3.63, 3.8) is 0 Å². The zero-order valence-electron chi connectivity index (χ0n) is 15.5. The van der Waals surface area contributed by atoms with Crippen molar-refractivity contribution in [3.8, 4) is 28.1 Å². The lowest BCUT2D eigenvalue weighted by molar-refractivity contribution is 0.306. The number of benzene rings is 2. The van der Waals surface area contributed by atoms with E-state index < -0.39 is 0 Å². The van der Waals surface area contributed by atoms with Crippen LogP contribution in [-0.2, 0) is 6.61 Å². The van der Waals surface area contributed by atoms with Gasteiger partial charge >= 0.3 is 0 Å².